The molecule has 0 saturated heterocycles. The Balaban J connectivity index is 2.00. The predicted molar refractivity (Wildman–Crippen MR) is 109 cm³/mol. The van der Waals surface area contributed by atoms with E-state index in [1.54, 1.807) is 19.2 Å². The average Bonchev–Trinajstić information content (AvgIpc) is 2.68. The first kappa shape index (κ1) is 20.2. The predicted octanol–water partition coefficient (Wildman–Crippen LogP) is 3.26. The highest BCUT2D eigenvalue weighted by molar-refractivity contribution is 7.80. The number of hydrogen-bond donors (Lipinski definition) is 3. The summed E-state index contributed by atoms with van der Waals surface area (Å²) in [5.41, 5.74) is 5.25. The quantitative estimate of drug-likeness (QED) is 0.364. The van der Waals surface area contributed by atoms with Crippen LogP contribution < -0.4 is 20.2 Å². The topological polar surface area (TPSA) is 92.2 Å². The maximum atomic E-state index is 10.5. The third-order valence-corrected chi connectivity index (χ3v) is 3.73. The van der Waals surface area contributed by atoms with Gasteiger partial charge in [0.05, 0.1) is 18.5 Å². The van der Waals surface area contributed by atoms with Gasteiger partial charge < -0.3 is 19.9 Å². The maximum absolute atomic E-state index is 10.5. The lowest BCUT2D eigenvalue weighted by molar-refractivity contribution is -0.139. The zero-order valence-electron chi connectivity index (χ0n) is 15.1. The number of thiocarbonyl (C=S) groups is 1. The standard InChI is InChI=1S/C19H21N3O4S/c1-3-15(13-8-10-14(11-9-13)26-12-18(23)24)21-22-19(27)20-16-6-4-5-7-17(16)25-2/h4-11H,3,12H2,1-2H3,(H,23,24)(H2,20,22,27)/b21-15-. The van der Waals surface area contributed by atoms with Crippen molar-refractivity contribution < 1.29 is 19.4 Å². The number of methoxy groups -OCH3 is 1. The molecule has 0 bridgehead atoms. The number of carboxylic acids is 1. The molecule has 0 radical (unpaired) electrons. The molecule has 7 nitrogen and oxygen atoms in total. The number of nitrogens with zero attached hydrogens (tertiary/aromatic N) is 1. The lowest BCUT2D eigenvalue weighted by Crippen LogP contribution is -2.25. The molecule has 2 aromatic carbocycles. The second kappa shape index (κ2) is 10.1. The van der Waals surface area contributed by atoms with Gasteiger partial charge in [0.25, 0.3) is 0 Å². The van der Waals surface area contributed by atoms with Gasteiger partial charge in [0.1, 0.15) is 11.5 Å². The van der Waals surface area contributed by atoms with Crippen molar-refractivity contribution in [3.8, 4) is 11.5 Å². The van der Waals surface area contributed by atoms with Crippen LogP contribution in [0.15, 0.2) is 53.6 Å². The van der Waals surface area contributed by atoms with Gasteiger partial charge in [-0.05, 0) is 60.6 Å². The van der Waals surface area contributed by atoms with E-state index in [0.29, 0.717) is 23.0 Å². The molecule has 0 amide bonds. The first-order valence-electron chi connectivity index (χ1n) is 8.25. The Morgan fingerprint density at radius 2 is 1.89 bits per heavy atom. The third kappa shape index (κ3) is 6.27. The van der Waals surface area contributed by atoms with Crippen LogP contribution in [-0.2, 0) is 4.79 Å². The SMILES string of the molecule is CC/C(=N/NC(=S)Nc1ccccc1OC)c1ccc(OCC(=O)O)cc1. The summed E-state index contributed by atoms with van der Waals surface area (Å²) in [5.74, 6) is 0.145. The van der Waals surface area contributed by atoms with Crippen LogP contribution in [0.3, 0.4) is 0 Å². The molecule has 0 aliphatic rings. The Kier molecular flexibility index (Phi) is 7.57. The van der Waals surface area contributed by atoms with Crippen LogP contribution in [0.2, 0.25) is 0 Å². The van der Waals surface area contributed by atoms with Crippen molar-refractivity contribution in [2.24, 2.45) is 5.10 Å². The zero-order chi connectivity index (χ0) is 19.6. The van der Waals surface area contributed by atoms with E-state index in [9.17, 15) is 4.79 Å². The van der Waals surface area contributed by atoms with Crippen LogP contribution in [0.4, 0.5) is 5.69 Å². The minimum absolute atomic E-state index is 0.340. The maximum Gasteiger partial charge on any atom is 0.341 e. The number of nitrogens with one attached hydrogen (secondary N) is 2. The third-order valence-electron chi connectivity index (χ3n) is 3.53. The second-order valence-electron chi connectivity index (χ2n) is 5.39. The number of rotatable bonds is 8. The molecule has 0 heterocycles. The number of aliphatic carboxylic acids is 1. The van der Waals surface area contributed by atoms with E-state index in [0.717, 1.165) is 17.0 Å². The van der Waals surface area contributed by atoms with Crippen LogP contribution >= 0.6 is 12.2 Å². The van der Waals surface area contributed by atoms with Gasteiger partial charge in [-0.3, -0.25) is 5.43 Å². The fourth-order valence-electron chi connectivity index (χ4n) is 2.25. The molecule has 27 heavy (non-hydrogen) atoms. The van der Waals surface area contributed by atoms with Crippen molar-refractivity contribution in [1.29, 1.82) is 0 Å². The zero-order valence-corrected chi connectivity index (χ0v) is 15.9. The molecule has 0 spiro atoms. The summed E-state index contributed by atoms with van der Waals surface area (Å²) in [6.07, 6.45) is 0.680. The number of anilines is 1. The molecule has 0 aliphatic carbocycles. The van der Waals surface area contributed by atoms with Crippen molar-refractivity contribution in [3.63, 3.8) is 0 Å². The largest absolute Gasteiger partial charge is 0.495 e. The van der Waals surface area contributed by atoms with E-state index in [1.165, 1.54) is 0 Å². The summed E-state index contributed by atoms with van der Waals surface area (Å²) in [7, 11) is 1.59. The number of hydrazone groups is 1. The van der Waals surface area contributed by atoms with Gasteiger partial charge >= 0.3 is 5.97 Å². The van der Waals surface area contributed by atoms with E-state index >= 15 is 0 Å². The summed E-state index contributed by atoms with van der Waals surface area (Å²) in [6, 6.07) is 14.5. The molecule has 2 rings (SSSR count). The molecule has 2 aromatic rings. The van der Waals surface area contributed by atoms with Gasteiger partial charge in [0.2, 0.25) is 0 Å². The fraction of sp³-hybridized carbons (Fsp3) is 0.211. The first-order chi connectivity index (χ1) is 13.0. The van der Waals surface area contributed by atoms with Crippen molar-refractivity contribution >= 4 is 34.7 Å². The Morgan fingerprint density at radius 1 is 1.19 bits per heavy atom. The smallest absolute Gasteiger partial charge is 0.341 e. The molecule has 0 saturated carbocycles. The highest BCUT2D eigenvalue weighted by Gasteiger charge is 2.06. The Morgan fingerprint density at radius 3 is 2.52 bits per heavy atom. The Hall–Kier alpha value is -3.13. The minimum Gasteiger partial charge on any atom is -0.495 e. The number of para-hydroxylation sites is 2. The lowest BCUT2D eigenvalue weighted by atomic mass is 10.1. The number of ether oxygens (including phenoxy) is 2. The summed E-state index contributed by atoms with van der Waals surface area (Å²) in [4.78, 5) is 10.5. The summed E-state index contributed by atoms with van der Waals surface area (Å²) >= 11 is 5.28. The lowest BCUT2D eigenvalue weighted by Gasteiger charge is -2.12. The molecular formula is C19H21N3O4S. The molecule has 142 valence electrons. The highest BCUT2D eigenvalue weighted by Crippen LogP contribution is 2.22. The van der Waals surface area contributed by atoms with E-state index in [2.05, 4.69) is 15.8 Å². The van der Waals surface area contributed by atoms with Crippen LogP contribution in [-0.4, -0.2) is 35.6 Å². The van der Waals surface area contributed by atoms with Crippen LogP contribution in [0.25, 0.3) is 0 Å². The molecule has 0 atom stereocenters. The molecule has 3 N–H and O–H groups in total. The Bertz CT molecular complexity index is 822. The van der Waals surface area contributed by atoms with Crippen molar-refractivity contribution in [2.45, 2.75) is 13.3 Å². The van der Waals surface area contributed by atoms with Gasteiger partial charge in [0, 0.05) is 0 Å². The monoisotopic (exact) mass is 387 g/mol. The van der Waals surface area contributed by atoms with Crippen molar-refractivity contribution in [1.82, 2.24) is 5.43 Å². The van der Waals surface area contributed by atoms with Crippen molar-refractivity contribution in [3.05, 3.63) is 54.1 Å². The van der Waals surface area contributed by atoms with Crippen LogP contribution in [0.5, 0.6) is 11.5 Å². The molecule has 0 aliphatic heterocycles. The van der Waals surface area contributed by atoms with Crippen molar-refractivity contribution in [2.75, 3.05) is 19.0 Å². The Labute approximate surface area is 163 Å². The van der Waals surface area contributed by atoms with E-state index in [4.69, 9.17) is 26.8 Å². The van der Waals surface area contributed by atoms with Gasteiger partial charge in [-0.1, -0.05) is 19.1 Å². The first-order valence-corrected chi connectivity index (χ1v) is 8.66. The highest BCUT2D eigenvalue weighted by atomic mass is 32.1. The number of benzene rings is 2. The number of carboxylic acid groups (broad SMARTS) is 1. The number of hydrogen-bond acceptors (Lipinski definition) is 5. The average molecular weight is 387 g/mol. The molecule has 0 unspecified atom stereocenters. The van der Waals surface area contributed by atoms with Gasteiger partial charge in [-0.15, -0.1) is 0 Å². The normalized spacial score (nSPS) is 10.8. The van der Waals surface area contributed by atoms with E-state index < -0.39 is 5.97 Å². The molecule has 0 aromatic heterocycles. The minimum atomic E-state index is -1.02. The van der Waals surface area contributed by atoms with Gasteiger partial charge in [-0.2, -0.15) is 5.10 Å². The van der Waals surface area contributed by atoms with Gasteiger partial charge in [0.15, 0.2) is 11.7 Å². The summed E-state index contributed by atoms with van der Waals surface area (Å²) in [5, 5.41) is 16.4. The summed E-state index contributed by atoms with van der Waals surface area (Å²) in [6.45, 7) is 1.60. The summed E-state index contributed by atoms with van der Waals surface area (Å²) < 4.78 is 10.4. The van der Waals surface area contributed by atoms with E-state index in [1.807, 2.05) is 43.3 Å². The van der Waals surface area contributed by atoms with Crippen LogP contribution in [0, 0.1) is 0 Å². The number of carbonyl (C=O) groups is 1. The molecular weight excluding hydrogens is 366 g/mol. The molecule has 0 fully saturated rings. The second-order valence-corrected chi connectivity index (χ2v) is 5.79. The van der Waals surface area contributed by atoms with E-state index in [-0.39, 0.29) is 6.61 Å². The fourth-order valence-corrected chi connectivity index (χ4v) is 2.41. The van der Waals surface area contributed by atoms with Gasteiger partial charge in [-0.25, -0.2) is 4.79 Å². The molecule has 8 heteroatoms. The van der Waals surface area contributed by atoms with Crippen LogP contribution in [0.1, 0.15) is 18.9 Å².